The molecule has 10 heteroatoms. The van der Waals surface area contributed by atoms with Crippen LogP contribution in [0.4, 0.5) is 9.59 Å². The van der Waals surface area contributed by atoms with Crippen molar-refractivity contribution in [2.45, 2.75) is 12.1 Å². The fourth-order valence-electron chi connectivity index (χ4n) is 1.63. The summed E-state index contributed by atoms with van der Waals surface area (Å²) in [6.07, 6.45) is 0.680. The van der Waals surface area contributed by atoms with Gasteiger partial charge in [0.2, 0.25) is 0 Å². The summed E-state index contributed by atoms with van der Waals surface area (Å²) in [5.41, 5.74) is 0. The van der Waals surface area contributed by atoms with Crippen LogP contribution in [0, 0.1) is 0 Å². The molecule has 0 aromatic carbocycles. The van der Waals surface area contributed by atoms with E-state index < -0.39 is 36.2 Å². The minimum Gasteiger partial charge on any atom is -0.460 e. The molecule has 0 aliphatic carbocycles. The molecule has 2 aliphatic rings. The van der Waals surface area contributed by atoms with Gasteiger partial charge in [-0.3, -0.25) is 0 Å². The minimum atomic E-state index is -0.754. The van der Waals surface area contributed by atoms with Crippen molar-refractivity contribution in [3.63, 3.8) is 0 Å². The molecule has 0 radical (unpaired) electrons. The zero-order chi connectivity index (χ0) is 15.9. The first-order chi connectivity index (χ1) is 10.5. The Morgan fingerprint density at radius 1 is 0.955 bits per heavy atom. The Kier molecular flexibility index (Phi) is 5.17. The highest BCUT2D eigenvalue weighted by Gasteiger charge is 2.24. The SMILES string of the molecule is O=C(/C=C/C(=O)OCC1COC(=O)N1)OCC1COC(=O)N1. The van der Waals surface area contributed by atoms with Gasteiger partial charge in [0.25, 0.3) is 0 Å². The fraction of sp³-hybridized carbons (Fsp3) is 0.500. The van der Waals surface area contributed by atoms with Crippen molar-refractivity contribution in [3.05, 3.63) is 12.2 Å². The number of alkyl carbamates (subject to hydrolysis) is 2. The number of ether oxygens (including phenoxy) is 4. The smallest absolute Gasteiger partial charge is 0.407 e. The number of esters is 2. The lowest BCUT2D eigenvalue weighted by Crippen LogP contribution is -2.32. The molecular weight excluding hydrogens is 300 g/mol. The van der Waals surface area contributed by atoms with E-state index in [0.717, 1.165) is 12.2 Å². The quantitative estimate of drug-likeness (QED) is 0.357. The average molecular weight is 314 g/mol. The number of hydrogen-bond acceptors (Lipinski definition) is 8. The first-order valence-corrected chi connectivity index (χ1v) is 6.41. The summed E-state index contributed by atoms with van der Waals surface area (Å²) in [5, 5.41) is 4.86. The van der Waals surface area contributed by atoms with Crippen molar-refractivity contribution >= 4 is 24.1 Å². The number of nitrogens with one attached hydrogen (secondary N) is 2. The minimum absolute atomic E-state index is 0.0601. The van der Waals surface area contributed by atoms with Crippen LogP contribution >= 0.6 is 0 Å². The number of cyclic esters (lactones) is 2. The van der Waals surface area contributed by atoms with E-state index in [1.54, 1.807) is 0 Å². The highest BCUT2D eigenvalue weighted by molar-refractivity contribution is 5.91. The molecule has 2 heterocycles. The van der Waals surface area contributed by atoms with Crippen molar-refractivity contribution in [3.8, 4) is 0 Å². The molecule has 2 amide bonds. The first kappa shape index (κ1) is 15.6. The second-order valence-corrected chi connectivity index (χ2v) is 4.47. The van der Waals surface area contributed by atoms with Gasteiger partial charge in [-0.1, -0.05) is 0 Å². The van der Waals surface area contributed by atoms with Crippen LogP contribution in [0.25, 0.3) is 0 Å². The van der Waals surface area contributed by atoms with Crippen LogP contribution in [-0.2, 0) is 28.5 Å². The van der Waals surface area contributed by atoms with Gasteiger partial charge in [0, 0.05) is 12.2 Å². The summed E-state index contributed by atoms with van der Waals surface area (Å²) >= 11 is 0. The molecule has 0 saturated carbocycles. The molecule has 22 heavy (non-hydrogen) atoms. The second kappa shape index (κ2) is 7.29. The molecule has 2 unspecified atom stereocenters. The lowest BCUT2D eigenvalue weighted by molar-refractivity contribution is -0.141. The molecule has 2 saturated heterocycles. The summed E-state index contributed by atoms with van der Waals surface area (Å²) in [5.74, 6) is -1.51. The standard InChI is InChI=1S/C12H14N2O8/c15-9(19-3-7-5-21-11(17)13-7)1-2-10(16)20-4-8-6-22-12(18)14-8/h1-2,7-8H,3-6H2,(H,13,17)(H,14,18)/b2-1+. The molecule has 10 nitrogen and oxygen atoms in total. The Hall–Kier alpha value is -2.78. The largest absolute Gasteiger partial charge is 0.460 e. The number of amides is 2. The molecule has 0 aromatic rings. The molecule has 0 spiro atoms. The topological polar surface area (TPSA) is 129 Å². The second-order valence-electron chi connectivity index (χ2n) is 4.47. The lowest BCUT2D eigenvalue weighted by Gasteiger charge is -2.07. The Morgan fingerprint density at radius 2 is 1.36 bits per heavy atom. The molecule has 2 fully saturated rings. The predicted molar refractivity (Wildman–Crippen MR) is 67.6 cm³/mol. The number of hydrogen-bond donors (Lipinski definition) is 2. The predicted octanol–water partition coefficient (Wildman–Crippen LogP) is -1.15. The van der Waals surface area contributed by atoms with Crippen LogP contribution < -0.4 is 10.6 Å². The summed E-state index contributed by atoms with van der Waals surface area (Å²) < 4.78 is 18.8. The summed E-state index contributed by atoms with van der Waals surface area (Å²) in [4.78, 5) is 44.1. The molecule has 0 bridgehead atoms. The van der Waals surface area contributed by atoms with Gasteiger partial charge in [-0.25, -0.2) is 19.2 Å². The molecule has 2 N–H and O–H groups in total. The third kappa shape index (κ3) is 4.96. The molecule has 120 valence electrons. The van der Waals surface area contributed by atoms with Gasteiger partial charge in [-0.15, -0.1) is 0 Å². The monoisotopic (exact) mass is 314 g/mol. The maximum Gasteiger partial charge on any atom is 0.407 e. The molecule has 0 aromatic heterocycles. The zero-order valence-electron chi connectivity index (χ0n) is 11.4. The van der Waals surface area contributed by atoms with Gasteiger partial charge in [0.1, 0.15) is 38.5 Å². The van der Waals surface area contributed by atoms with E-state index >= 15 is 0 Å². The fourth-order valence-corrected chi connectivity index (χ4v) is 1.63. The van der Waals surface area contributed by atoms with Crippen molar-refractivity contribution < 1.29 is 38.1 Å². The Balaban J connectivity index is 1.60. The van der Waals surface area contributed by atoms with Crippen LogP contribution in [0.3, 0.4) is 0 Å². The highest BCUT2D eigenvalue weighted by atomic mass is 16.6. The summed E-state index contributed by atoms with van der Waals surface area (Å²) in [6.45, 7) is 0.116. The Labute approximate surface area is 124 Å². The van der Waals surface area contributed by atoms with Crippen LogP contribution in [0.1, 0.15) is 0 Å². The van der Waals surface area contributed by atoms with Gasteiger partial charge in [-0.05, 0) is 0 Å². The van der Waals surface area contributed by atoms with Gasteiger partial charge in [-0.2, -0.15) is 0 Å². The number of rotatable bonds is 6. The summed E-state index contributed by atoms with van der Waals surface area (Å²) in [6, 6.07) is -0.800. The Morgan fingerprint density at radius 3 is 1.68 bits per heavy atom. The van der Waals surface area contributed by atoms with E-state index in [4.69, 9.17) is 9.47 Å². The average Bonchev–Trinajstić information content (AvgIpc) is 3.09. The summed E-state index contributed by atoms with van der Waals surface area (Å²) in [7, 11) is 0. The van der Waals surface area contributed by atoms with E-state index in [-0.39, 0.29) is 26.4 Å². The Bertz CT molecular complexity index is 459. The molecule has 2 rings (SSSR count). The number of carbonyl (C=O) groups excluding carboxylic acids is 4. The molecular formula is C12H14N2O8. The van der Waals surface area contributed by atoms with Crippen molar-refractivity contribution in [1.82, 2.24) is 10.6 Å². The van der Waals surface area contributed by atoms with Gasteiger partial charge >= 0.3 is 24.1 Å². The van der Waals surface area contributed by atoms with E-state index in [1.165, 1.54) is 0 Å². The normalized spacial score (nSPS) is 23.5. The van der Waals surface area contributed by atoms with Crippen LogP contribution in [-0.4, -0.2) is 62.6 Å². The van der Waals surface area contributed by atoms with Crippen LogP contribution in [0.15, 0.2) is 12.2 Å². The maximum absolute atomic E-state index is 11.3. The maximum atomic E-state index is 11.3. The van der Waals surface area contributed by atoms with Gasteiger partial charge < -0.3 is 29.6 Å². The van der Waals surface area contributed by atoms with Crippen molar-refractivity contribution in [2.75, 3.05) is 26.4 Å². The first-order valence-electron chi connectivity index (χ1n) is 6.41. The van der Waals surface area contributed by atoms with Crippen molar-refractivity contribution in [1.29, 1.82) is 0 Å². The van der Waals surface area contributed by atoms with E-state index in [2.05, 4.69) is 20.1 Å². The highest BCUT2D eigenvalue weighted by Crippen LogP contribution is 2.00. The molecule has 2 atom stereocenters. The van der Waals surface area contributed by atoms with Crippen LogP contribution in [0.2, 0.25) is 0 Å². The van der Waals surface area contributed by atoms with E-state index in [9.17, 15) is 19.2 Å². The van der Waals surface area contributed by atoms with Gasteiger partial charge in [0.15, 0.2) is 0 Å². The third-order valence-corrected chi connectivity index (χ3v) is 2.68. The molecule has 2 aliphatic heterocycles. The zero-order valence-corrected chi connectivity index (χ0v) is 11.4. The van der Waals surface area contributed by atoms with Crippen molar-refractivity contribution in [2.24, 2.45) is 0 Å². The van der Waals surface area contributed by atoms with Crippen LogP contribution in [0.5, 0.6) is 0 Å². The van der Waals surface area contributed by atoms with Gasteiger partial charge in [0.05, 0.1) is 0 Å². The third-order valence-electron chi connectivity index (χ3n) is 2.68. The van der Waals surface area contributed by atoms with E-state index in [0.29, 0.717) is 0 Å². The van der Waals surface area contributed by atoms with E-state index in [1.807, 2.05) is 0 Å². The number of carbonyl (C=O) groups is 4. The lowest BCUT2D eigenvalue weighted by atomic mass is 10.3.